The first-order valence-corrected chi connectivity index (χ1v) is 10.1. The molecule has 6 heteroatoms. The quantitative estimate of drug-likeness (QED) is 0.365. The zero-order valence-corrected chi connectivity index (χ0v) is 16.6. The second kappa shape index (κ2) is 7.29. The van der Waals surface area contributed by atoms with Gasteiger partial charge in [0.15, 0.2) is 0 Å². The van der Waals surface area contributed by atoms with Gasteiger partial charge in [0, 0.05) is 35.2 Å². The van der Waals surface area contributed by atoms with Gasteiger partial charge in [0.1, 0.15) is 0 Å². The third-order valence-corrected chi connectivity index (χ3v) is 6.75. The molecule has 2 aromatic rings. The Kier molecular flexibility index (Phi) is 5.04. The number of piperidine rings is 1. The van der Waals surface area contributed by atoms with Crippen LogP contribution in [0.4, 0.5) is 5.69 Å². The Morgan fingerprint density at radius 3 is 2.81 bits per heavy atom. The van der Waals surface area contributed by atoms with E-state index in [1.165, 1.54) is 5.56 Å². The van der Waals surface area contributed by atoms with Crippen LogP contribution < -0.4 is 0 Å². The van der Waals surface area contributed by atoms with Crippen molar-refractivity contribution < 1.29 is 4.92 Å². The van der Waals surface area contributed by atoms with E-state index in [4.69, 9.17) is 11.6 Å². The number of rotatable bonds is 3. The molecule has 1 aliphatic carbocycles. The maximum atomic E-state index is 11.5. The molecule has 0 spiro atoms. The molecule has 0 N–H and O–H groups in total. The third kappa shape index (κ3) is 3.40. The maximum Gasteiger partial charge on any atom is 0.272 e. The minimum Gasteiger partial charge on any atom is -0.295 e. The van der Waals surface area contributed by atoms with Gasteiger partial charge in [0.05, 0.1) is 10.3 Å². The fourth-order valence-corrected chi connectivity index (χ4v) is 5.25. The van der Waals surface area contributed by atoms with Gasteiger partial charge in [0.2, 0.25) is 0 Å². The maximum absolute atomic E-state index is 11.5. The SMILES string of the molecule is O=[N+]([O-])c1cccc2c1CC1CCC(CN1Cc1cccc(Br)c1)C2Cl. The molecule has 5 rings (SSSR count). The minimum absolute atomic E-state index is 0.170. The third-order valence-electron chi connectivity index (χ3n) is 5.67. The molecule has 136 valence electrons. The molecule has 0 aromatic heterocycles. The highest BCUT2D eigenvalue weighted by molar-refractivity contribution is 9.10. The van der Waals surface area contributed by atoms with Crippen molar-refractivity contribution >= 4 is 33.2 Å². The van der Waals surface area contributed by atoms with Gasteiger partial charge >= 0.3 is 0 Å². The number of nitrogens with zero attached hydrogens (tertiary/aromatic N) is 2. The average molecular weight is 436 g/mol. The number of nitro benzene ring substituents is 1. The first kappa shape index (κ1) is 18.0. The lowest BCUT2D eigenvalue weighted by Gasteiger charge is -2.44. The Hall–Kier alpha value is -1.43. The van der Waals surface area contributed by atoms with Gasteiger partial charge < -0.3 is 0 Å². The van der Waals surface area contributed by atoms with E-state index in [2.05, 4.69) is 33.0 Å². The van der Waals surface area contributed by atoms with Crippen molar-refractivity contribution in [1.29, 1.82) is 0 Å². The summed E-state index contributed by atoms with van der Waals surface area (Å²) in [5.41, 5.74) is 3.24. The number of nitro groups is 1. The molecule has 0 amide bonds. The van der Waals surface area contributed by atoms with Crippen molar-refractivity contribution in [3.05, 3.63) is 73.7 Å². The standard InChI is InChI=1S/C20H20BrClN2O2/c21-15-4-1-3-13(9-15)11-23-12-14-7-8-16(23)10-18-17(20(14)22)5-2-6-19(18)24(25)26/h1-6,9,14,16,20H,7-8,10-12H2. The second-order valence-electron chi connectivity index (χ2n) is 7.26. The fraction of sp³-hybridized carbons (Fsp3) is 0.400. The van der Waals surface area contributed by atoms with E-state index in [0.29, 0.717) is 18.4 Å². The number of hydrogen-bond donors (Lipinski definition) is 0. The van der Waals surface area contributed by atoms with Gasteiger partial charge in [-0.1, -0.05) is 40.2 Å². The molecule has 2 aromatic carbocycles. The fourth-order valence-electron chi connectivity index (χ4n) is 4.40. The molecule has 1 fully saturated rings. The number of hydrogen-bond acceptors (Lipinski definition) is 3. The van der Waals surface area contributed by atoms with Crippen LogP contribution in [-0.4, -0.2) is 22.4 Å². The van der Waals surface area contributed by atoms with E-state index >= 15 is 0 Å². The zero-order valence-electron chi connectivity index (χ0n) is 14.3. The van der Waals surface area contributed by atoms with Gasteiger partial charge in [-0.15, -0.1) is 11.6 Å². The van der Waals surface area contributed by atoms with E-state index in [1.807, 2.05) is 18.2 Å². The molecule has 2 heterocycles. The predicted molar refractivity (Wildman–Crippen MR) is 106 cm³/mol. The van der Waals surface area contributed by atoms with Crippen LogP contribution in [-0.2, 0) is 13.0 Å². The first-order chi connectivity index (χ1) is 12.5. The van der Waals surface area contributed by atoms with Crippen molar-refractivity contribution in [3.63, 3.8) is 0 Å². The summed E-state index contributed by atoms with van der Waals surface area (Å²) in [6.45, 7) is 1.79. The lowest BCUT2D eigenvalue weighted by Crippen LogP contribution is -2.46. The molecule has 3 atom stereocenters. The Bertz CT molecular complexity index is 844. The molecular weight excluding hydrogens is 416 g/mol. The van der Waals surface area contributed by atoms with Crippen molar-refractivity contribution in [2.24, 2.45) is 5.92 Å². The van der Waals surface area contributed by atoms with Crippen LogP contribution in [0.5, 0.6) is 0 Å². The van der Waals surface area contributed by atoms with Crippen molar-refractivity contribution in [1.82, 2.24) is 4.90 Å². The number of benzene rings is 2. The second-order valence-corrected chi connectivity index (χ2v) is 8.64. The van der Waals surface area contributed by atoms with E-state index < -0.39 is 0 Å². The van der Waals surface area contributed by atoms with Crippen LogP contribution in [0.25, 0.3) is 0 Å². The highest BCUT2D eigenvalue weighted by Crippen LogP contribution is 2.44. The zero-order chi connectivity index (χ0) is 18.3. The molecule has 3 aliphatic rings. The Balaban J connectivity index is 1.69. The van der Waals surface area contributed by atoms with Crippen LogP contribution in [0.2, 0.25) is 0 Å². The number of alkyl halides is 1. The summed E-state index contributed by atoms with van der Waals surface area (Å²) in [5, 5.41) is 11.4. The number of fused-ring (bicyclic) bond motifs is 2. The molecular formula is C20H20BrClN2O2. The van der Waals surface area contributed by atoms with E-state index in [-0.39, 0.29) is 16.0 Å². The smallest absolute Gasteiger partial charge is 0.272 e. The molecule has 26 heavy (non-hydrogen) atoms. The molecule has 1 saturated heterocycles. The lowest BCUT2D eigenvalue weighted by atomic mass is 9.79. The van der Waals surface area contributed by atoms with E-state index in [0.717, 1.165) is 41.5 Å². The molecule has 4 nitrogen and oxygen atoms in total. The monoisotopic (exact) mass is 434 g/mol. The average Bonchev–Trinajstić information content (AvgIpc) is 2.61. The van der Waals surface area contributed by atoms with Gasteiger partial charge in [-0.2, -0.15) is 0 Å². The summed E-state index contributed by atoms with van der Waals surface area (Å²) >= 11 is 10.4. The summed E-state index contributed by atoms with van der Waals surface area (Å²) < 4.78 is 1.07. The molecule has 2 bridgehead atoms. The highest BCUT2D eigenvalue weighted by Gasteiger charge is 2.38. The van der Waals surface area contributed by atoms with Crippen LogP contribution in [0.1, 0.15) is 34.9 Å². The normalized spacial score (nSPS) is 25.4. The Morgan fingerprint density at radius 1 is 1.23 bits per heavy atom. The summed E-state index contributed by atoms with van der Waals surface area (Å²) in [6, 6.07) is 14.0. The number of halogens is 2. The van der Waals surface area contributed by atoms with E-state index in [9.17, 15) is 10.1 Å². The van der Waals surface area contributed by atoms with Crippen molar-refractivity contribution in [3.8, 4) is 0 Å². The van der Waals surface area contributed by atoms with E-state index in [1.54, 1.807) is 12.1 Å². The first-order valence-electron chi connectivity index (χ1n) is 8.91. The van der Waals surface area contributed by atoms with Gasteiger partial charge in [-0.3, -0.25) is 15.0 Å². The predicted octanol–water partition coefficient (Wildman–Crippen LogP) is 5.47. The van der Waals surface area contributed by atoms with Crippen LogP contribution >= 0.6 is 27.5 Å². The van der Waals surface area contributed by atoms with Crippen LogP contribution in [0, 0.1) is 16.0 Å². The Labute approximate surface area is 166 Å². The van der Waals surface area contributed by atoms with Gasteiger partial charge in [0.25, 0.3) is 5.69 Å². The molecule has 3 unspecified atom stereocenters. The van der Waals surface area contributed by atoms with Crippen LogP contribution in [0.15, 0.2) is 46.9 Å². The van der Waals surface area contributed by atoms with Crippen LogP contribution in [0.3, 0.4) is 0 Å². The summed E-state index contributed by atoms with van der Waals surface area (Å²) in [6.07, 6.45) is 2.81. The molecule has 0 saturated carbocycles. The summed E-state index contributed by atoms with van der Waals surface area (Å²) in [5.74, 6) is 0.320. The highest BCUT2D eigenvalue weighted by atomic mass is 79.9. The summed E-state index contributed by atoms with van der Waals surface area (Å²) in [7, 11) is 0. The van der Waals surface area contributed by atoms with Gasteiger partial charge in [-0.25, -0.2) is 0 Å². The largest absolute Gasteiger partial charge is 0.295 e. The molecule has 2 aliphatic heterocycles. The van der Waals surface area contributed by atoms with Crippen molar-refractivity contribution in [2.75, 3.05) is 6.54 Å². The lowest BCUT2D eigenvalue weighted by molar-refractivity contribution is -0.385. The minimum atomic E-state index is -0.267. The van der Waals surface area contributed by atoms with Crippen molar-refractivity contribution in [2.45, 2.75) is 37.2 Å². The summed E-state index contributed by atoms with van der Waals surface area (Å²) in [4.78, 5) is 13.7. The topological polar surface area (TPSA) is 46.4 Å². The Morgan fingerprint density at radius 2 is 2.04 bits per heavy atom. The van der Waals surface area contributed by atoms with Gasteiger partial charge in [-0.05, 0) is 48.4 Å². The molecule has 0 radical (unpaired) electrons.